The van der Waals surface area contributed by atoms with Crippen molar-refractivity contribution in [3.8, 4) is 0 Å². The molecule has 0 aliphatic heterocycles. The van der Waals surface area contributed by atoms with Gasteiger partial charge in [0.25, 0.3) is 11.6 Å². The number of fused-ring (bicyclic) bond motifs is 1. The molecule has 0 unspecified atom stereocenters. The maximum Gasteiger partial charge on any atom is 0.288 e. The second-order valence-electron chi connectivity index (χ2n) is 5.04. The number of aliphatic hydroxyl groups is 1. The molecule has 0 radical (unpaired) electrons. The smallest absolute Gasteiger partial charge is 0.288 e. The lowest BCUT2D eigenvalue weighted by molar-refractivity contribution is -0.384. The van der Waals surface area contributed by atoms with Crippen LogP contribution in [0.2, 0.25) is 5.02 Å². The van der Waals surface area contributed by atoms with Crippen LogP contribution in [-0.2, 0) is 6.61 Å². The van der Waals surface area contributed by atoms with E-state index in [4.69, 9.17) is 11.6 Å². The summed E-state index contributed by atoms with van der Waals surface area (Å²) in [5.41, 5.74) is 0.144. The molecule has 0 bridgehead atoms. The summed E-state index contributed by atoms with van der Waals surface area (Å²) in [5.74, 6) is -1.16. The van der Waals surface area contributed by atoms with Crippen molar-refractivity contribution in [2.45, 2.75) is 6.61 Å². The van der Waals surface area contributed by atoms with Gasteiger partial charge in [-0.25, -0.2) is 4.39 Å². The largest absolute Gasteiger partial charge is 0.392 e. The molecule has 0 saturated heterocycles. The Bertz CT molecular complexity index is 984. The highest BCUT2D eigenvalue weighted by Gasteiger charge is 2.20. The molecular formula is C16H10ClFN2O4. The summed E-state index contributed by atoms with van der Waals surface area (Å²) in [4.78, 5) is 23.0. The summed E-state index contributed by atoms with van der Waals surface area (Å²) >= 11 is 5.74. The normalized spacial score (nSPS) is 11.0. The van der Waals surface area contributed by atoms with Gasteiger partial charge in [-0.1, -0.05) is 17.7 Å². The van der Waals surface area contributed by atoms with Crippen LogP contribution in [0.5, 0.6) is 0 Å². The molecule has 0 atom stereocenters. The predicted molar refractivity (Wildman–Crippen MR) is 85.7 cm³/mol. The average molecular weight is 349 g/mol. The summed E-state index contributed by atoms with van der Waals surface area (Å²) < 4.78 is 15.1. The van der Waals surface area contributed by atoms with Gasteiger partial charge in [-0.05, 0) is 24.3 Å². The molecule has 0 spiro atoms. The van der Waals surface area contributed by atoms with Gasteiger partial charge in [0.1, 0.15) is 10.8 Å². The first-order chi connectivity index (χ1) is 11.4. The number of rotatable bonds is 3. The molecule has 122 valence electrons. The van der Waals surface area contributed by atoms with E-state index in [1.807, 2.05) is 0 Å². The lowest BCUT2D eigenvalue weighted by Gasteiger charge is -2.05. The van der Waals surface area contributed by atoms with E-state index in [0.29, 0.717) is 0 Å². The first-order valence-corrected chi connectivity index (χ1v) is 7.19. The van der Waals surface area contributed by atoms with Crippen molar-refractivity contribution in [3.63, 3.8) is 0 Å². The maximum absolute atomic E-state index is 14.0. The van der Waals surface area contributed by atoms with E-state index in [1.165, 1.54) is 36.5 Å². The average Bonchev–Trinajstić information content (AvgIpc) is 2.94. The number of carbonyl (C=O) groups excluding carboxylic acids is 1. The molecule has 0 fully saturated rings. The van der Waals surface area contributed by atoms with Crippen molar-refractivity contribution < 1.29 is 19.2 Å². The molecule has 1 N–H and O–H groups in total. The van der Waals surface area contributed by atoms with E-state index in [1.54, 1.807) is 0 Å². The van der Waals surface area contributed by atoms with Crippen molar-refractivity contribution in [2.75, 3.05) is 0 Å². The lowest BCUT2D eigenvalue weighted by Crippen LogP contribution is -2.11. The second-order valence-corrected chi connectivity index (χ2v) is 5.45. The zero-order chi connectivity index (χ0) is 17.4. The zero-order valence-corrected chi connectivity index (χ0v) is 12.8. The highest BCUT2D eigenvalue weighted by Crippen LogP contribution is 2.28. The Morgan fingerprint density at radius 2 is 2.08 bits per heavy atom. The molecular weight excluding hydrogens is 339 g/mol. The predicted octanol–water partition coefficient (Wildman–Crippen LogP) is 3.52. The van der Waals surface area contributed by atoms with E-state index in [2.05, 4.69) is 0 Å². The summed E-state index contributed by atoms with van der Waals surface area (Å²) in [5, 5.41) is 20.4. The third-order valence-corrected chi connectivity index (χ3v) is 3.96. The molecule has 0 aliphatic carbocycles. The highest BCUT2D eigenvalue weighted by atomic mass is 35.5. The van der Waals surface area contributed by atoms with Gasteiger partial charge in [0, 0.05) is 28.8 Å². The summed E-state index contributed by atoms with van der Waals surface area (Å²) in [6, 6.07) is 7.86. The minimum atomic E-state index is -0.689. The Hall–Kier alpha value is -2.77. The van der Waals surface area contributed by atoms with Crippen molar-refractivity contribution in [1.82, 2.24) is 4.57 Å². The standard InChI is InChI=1S/C16H10ClFN2O4/c17-11-5-4-9(6-14(11)20(23)24)16(22)19-7-10(8-21)15-12(18)2-1-3-13(15)19/h1-7,21H,8H2. The van der Waals surface area contributed by atoms with Crippen LogP contribution >= 0.6 is 11.6 Å². The Balaban J connectivity index is 2.18. The summed E-state index contributed by atoms with van der Waals surface area (Å²) in [6.07, 6.45) is 1.32. The van der Waals surface area contributed by atoms with Crippen LogP contribution in [0, 0.1) is 15.9 Å². The molecule has 0 amide bonds. The molecule has 1 heterocycles. The van der Waals surface area contributed by atoms with Gasteiger partial charge >= 0.3 is 0 Å². The van der Waals surface area contributed by atoms with Crippen LogP contribution < -0.4 is 0 Å². The molecule has 8 heteroatoms. The van der Waals surface area contributed by atoms with Crippen molar-refractivity contribution in [1.29, 1.82) is 0 Å². The lowest BCUT2D eigenvalue weighted by atomic mass is 10.1. The number of aliphatic hydroxyl groups excluding tert-OH is 1. The summed E-state index contributed by atoms with van der Waals surface area (Å²) in [7, 11) is 0. The number of nitro benzene ring substituents is 1. The first kappa shape index (κ1) is 16.1. The highest BCUT2D eigenvalue weighted by molar-refractivity contribution is 6.32. The Labute approximate surface area is 139 Å². The molecule has 0 aliphatic rings. The monoisotopic (exact) mass is 348 g/mol. The van der Waals surface area contributed by atoms with Gasteiger partial charge in [0.15, 0.2) is 0 Å². The third-order valence-electron chi connectivity index (χ3n) is 3.64. The van der Waals surface area contributed by atoms with Crippen molar-refractivity contribution >= 4 is 34.1 Å². The second kappa shape index (κ2) is 6.03. The fourth-order valence-corrected chi connectivity index (χ4v) is 2.72. The minimum absolute atomic E-state index is 0.0248. The molecule has 0 saturated carbocycles. The van der Waals surface area contributed by atoms with E-state index >= 15 is 0 Å². The SMILES string of the molecule is O=C(c1ccc(Cl)c([N+](=O)[O-])c1)n1cc(CO)c2c(F)cccc21. The van der Waals surface area contributed by atoms with Crippen LogP contribution in [-0.4, -0.2) is 20.5 Å². The molecule has 1 aromatic heterocycles. The van der Waals surface area contributed by atoms with Gasteiger partial charge < -0.3 is 5.11 Å². The number of nitro groups is 1. The van der Waals surface area contributed by atoms with Gasteiger partial charge in [-0.15, -0.1) is 0 Å². The first-order valence-electron chi connectivity index (χ1n) is 6.82. The number of benzene rings is 2. The van der Waals surface area contributed by atoms with Crippen LogP contribution in [0.25, 0.3) is 10.9 Å². The number of nitrogens with zero attached hydrogens (tertiary/aromatic N) is 2. The number of aromatic nitrogens is 1. The van der Waals surface area contributed by atoms with E-state index in [-0.39, 0.29) is 27.1 Å². The van der Waals surface area contributed by atoms with Crippen LogP contribution in [0.1, 0.15) is 15.9 Å². The number of hydrogen-bond donors (Lipinski definition) is 1. The van der Waals surface area contributed by atoms with Gasteiger partial charge in [-0.3, -0.25) is 19.5 Å². The maximum atomic E-state index is 14.0. The Morgan fingerprint density at radius 3 is 2.75 bits per heavy atom. The summed E-state index contributed by atoms with van der Waals surface area (Å²) in [6.45, 7) is -0.446. The zero-order valence-electron chi connectivity index (χ0n) is 12.1. The number of halogens is 2. The topological polar surface area (TPSA) is 85.4 Å². The van der Waals surface area contributed by atoms with Crippen LogP contribution in [0.3, 0.4) is 0 Å². The quantitative estimate of drug-likeness (QED) is 0.579. The molecule has 3 rings (SSSR count). The van der Waals surface area contributed by atoms with Crippen LogP contribution in [0.15, 0.2) is 42.6 Å². The molecule has 6 nitrogen and oxygen atoms in total. The fourth-order valence-electron chi connectivity index (χ4n) is 2.53. The van der Waals surface area contributed by atoms with Crippen LogP contribution in [0.4, 0.5) is 10.1 Å². The third kappa shape index (κ3) is 2.53. The van der Waals surface area contributed by atoms with E-state index in [0.717, 1.165) is 10.6 Å². The minimum Gasteiger partial charge on any atom is -0.392 e. The molecule has 3 aromatic rings. The van der Waals surface area contributed by atoms with Crippen molar-refractivity contribution in [3.05, 3.63) is 74.7 Å². The Morgan fingerprint density at radius 1 is 1.33 bits per heavy atom. The van der Waals surface area contributed by atoms with Crippen molar-refractivity contribution in [2.24, 2.45) is 0 Å². The van der Waals surface area contributed by atoms with E-state index in [9.17, 15) is 24.4 Å². The van der Waals surface area contributed by atoms with Gasteiger partial charge in [-0.2, -0.15) is 0 Å². The number of hydrogen-bond acceptors (Lipinski definition) is 4. The molecule has 2 aromatic carbocycles. The number of carbonyl (C=O) groups is 1. The molecule has 24 heavy (non-hydrogen) atoms. The van der Waals surface area contributed by atoms with Gasteiger partial charge in [0.2, 0.25) is 0 Å². The van der Waals surface area contributed by atoms with E-state index < -0.39 is 28.9 Å². The van der Waals surface area contributed by atoms with Gasteiger partial charge in [0.05, 0.1) is 17.0 Å². The Kier molecular flexibility index (Phi) is 4.04. The fraction of sp³-hybridized carbons (Fsp3) is 0.0625.